The molecule has 2 heterocycles. The summed E-state index contributed by atoms with van der Waals surface area (Å²) in [4.78, 5) is 35.8. The Bertz CT molecular complexity index is 1310. The zero-order valence-electron chi connectivity index (χ0n) is 18.8. The maximum atomic E-state index is 12.7. The van der Waals surface area contributed by atoms with Gasteiger partial charge in [0.15, 0.2) is 11.5 Å². The van der Waals surface area contributed by atoms with Crippen LogP contribution in [0.3, 0.4) is 0 Å². The van der Waals surface area contributed by atoms with Crippen LogP contribution in [0.25, 0.3) is 10.9 Å². The Morgan fingerprint density at radius 1 is 1.30 bits per heavy atom. The number of H-pyrrole nitrogens is 1. The number of hydrogen-bond acceptors (Lipinski definition) is 8. The maximum absolute atomic E-state index is 12.7. The molecular weight excluding hydrogens is 442 g/mol. The van der Waals surface area contributed by atoms with Crippen molar-refractivity contribution in [3.8, 4) is 17.6 Å². The van der Waals surface area contributed by atoms with Gasteiger partial charge in [-0.15, -0.1) is 11.3 Å². The Hall–Kier alpha value is -3.42. The summed E-state index contributed by atoms with van der Waals surface area (Å²) in [5.41, 5.74) is 1.87. The summed E-state index contributed by atoms with van der Waals surface area (Å²) in [6.45, 7) is 2.90. The van der Waals surface area contributed by atoms with Gasteiger partial charge in [-0.3, -0.25) is 14.5 Å². The molecule has 172 valence electrons. The molecule has 2 aromatic heterocycles. The van der Waals surface area contributed by atoms with Gasteiger partial charge in [-0.2, -0.15) is 5.26 Å². The van der Waals surface area contributed by atoms with Gasteiger partial charge in [-0.25, -0.2) is 4.98 Å². The molecule has 0 saturated carbocycles. The van der Waals surface area contributed by atoms with Crippen LogP contribution in [-0.4, -0.2) is 48.1 Å². The van der Waals surface area contributed by atoms with Gasteiger partial charge in [-0.1, -0.05) is 6.92 Å². The summed E-state index contributed by atoms with van der Waals surface area (Å²) in [6.07, 6.45) is 2.91. The second-order valence-electron chi connectivity index (χ2n) is 7.76. The number of benzene rings is 1. The number of likely N-dealkylation sites (N-methyl/N-ethyl adjacent to an activating group) is 1. The lowest BCUT2D eigenvalue weighted by Gasteiger charge is -2.19. The van der Waals surface area contributed by atoms with E-state index in [0.717, 1.165) is 24.8 Å². The van der Waals surface area contributed by atoms with Gasteiger partial charge in [0.2, 0.25) is 5.91 Å². The molecule has 0 radical (unpaired) electrons. The van der Waals surface area contributed by atoms with E-state index in [-0.39, 0.29) is 24.6 Å². The molecule has 2 N–H and O–H groups in total. The Labute approximate surface area is 195 Å². The fourth-order valence-electron chi connectivity index (χ4n) is 4.06. The number of fused-ring (bicyclic) bond motifs is 2. The van der Waals surface area contributed by atoms with E-state index in [1.165, 1.54) is 30.4 Å². The SMILES string of the molecule is CCN(CC(=O)Nc1sc2c(c1C#N)CCC2)Cc1nc2cc(OC)c(OC)cc2c(=O)[nH]1. The molecule has 4 rings (SSSR count). The molecule has 0 fully saturated rings. The van der Waals surface area contributed by atoms with Gasteiger partial charge < -0.3 is 19.8 Å². The van der Waals surface area contributed by atoms with Crippen molar-refractivity contribution in [2.45, 2.75) is 32.7 Å². The first kappa shape index (κ1) is 22.8. The highest BCUT2D eigenvalue weighted by atomic mass is 32.1. The van der Waals surface area contributed by atoms with Gasteiger partial charge in [0, 0.05) is 10.9 Å². The van der Waals surface area contributed by atoms with Crippen molar-refractivity contribution in [3.05, 3.63) is 44.3 Å². The van der Waals surface area contributed by atoms with Crippen LogP contribution in [0.2, 0.25) is 0 Å². The fourth-order valence-corrected chi connectivity index (χ4v) is 5.32. The summed E-state index contributed by atoms with van der Waals surface area (Å²) >= 11 is 1.50. The average Bonchev–Trinajstić information content (AvgIpc) is 3.38. The molecule has 9 nitrogen and oxygen atoms in total. The van der Waals surface area contributed by atoms with Crippen molar-refractivity contribution in [3.63, 3.8) is 0 Å². The van der Waals surface area contributed by atoms with Crippen molar-refractivity contribution in [2.75, 3.05) is 32.6 Å². The number of aromatic amines is 1. The van der Waals surface area contributed by atoms with Crippen LogP contribution in [0.4, 0.5) is 5.00 Å². The number of thiophene rings is 1. The second-order valence-corrected chi connectivity index (χ2v) is 8.87. The van der Waals surface area contributed by atoms with E-state index in [2.05, 4.69) is 21.4 Å². The quantitative estimate of drug-likeness (QED) is 0.523. The standard InChI is InChI=1S/C23H25N5O4S/c1-4-28(12-21(29)27-23-15(10-24)13-6-5-7-19(13)33-23)11-20-25-16-9-18(32-3)17(31-2)8-14(16)22(30)26-20/h8-9H,4-7,11-12H2,1-3H3,(H,27,29)(H,25,26,30). The Morgan fingerprint density at radius 3 is 2.76 bits per heavy atom. The minimum Gasteiger partial charge on any atom is -0.493 e. The van der Waals surface area contributed by atoms with Gasteiger partial charge >= 0.3 is 0 Å². The van der Waals surface area contributed by atoms with Crippen LogP contribution in [-0.2, 0) is 24.2 Å². The molecule has 1 aliphatic rings. The number of carbonyl (C=O) groups is 1. The average molecular weight is 468 g/mol. The zero-order chi connectivity index (χ0) is 23.5. The maximum Gasteiger partial charge on any atom is 0.258 e. The molecule has 0 bridgehead atoms. The first-order chi connectivity index (χ1) is 16.0. The van der Waals surface area contributed by atoms with Gasteiger partial charge in [0.05, 0.1) is 43.8 Å². The van der Waals surface area contributed by atoms with E-state index in [9.17, 15) is 14.9 Å². The topological polar surface area (TPSA) is 120 Å². The minimum atomic E-state index is -0.289. The van der Waals surface area contributed by atoms with Gasteiger partial charge in [0.25, 0.3) is 5.56 Å². The molecule has 1 aliphatic carbocycles. The molecule has 0 saturated heterocycles. The highest BCUT2D eigenvalue weighted by molar-refractivity contribution is 7.16. The minimum absolute atomic E-state index is 0.109. The number of anilines is 1. The summed E-state index contributed by atoms with van der Waals surface area (Å²) < 4.78 is 10.6. The number of ether oxygens (including phenoxy) is 2. The van der Waals surface area contributed by atoms with Crippen LogP contribution in [0.15, 0.2) is 16.9 Å². The molecule has 0 unspecified atom stereocenters. The number of carbonyl (C=O) groups excluding carboxylic acids is 1. The lowest BCUT2D eigenvalue weighted by Crippen LogP contribution is -2.33. The van der Waals surface area contributed by atoms with Crippen molar-refractivity contribution in [1.82, 2.24) is 14.9 Å². The van der Waals surface area contributed by atoms with E-state index in [0.29, 0.717) is 45.3 Å². The number of aryl methyl sites for hydroxylation is 1. The smallest absolute Gasteiger partial charge is 0.258 e. The number of amides is 1. The van der Waals surface area contributed by atoms with Crippen molar-refractivity contribution in [2.24, 2.45) is 0 Å². The number of rotatable bonds is 8. The summed E-state index contributed by atoms with van der Waals surface area (Å²) in [5, 5.41) is 13.5. The van der Waals surface area contributed by atoms with Crippen molar-refractivity contribution < 1.29 is 14.3 Å². The summed E-state index contributed by atoms with van der Waals surface area (Å²) in [5.74, 6) is 1.18. The predicted molar refractivity (Wildman–Crippen MR) is 126 cm³/mol. The van der Waals surface area contributed by atoms with Crippen LogP contribution >= 0.6 is 11.3 Å². The lowest BCUT2D eigenvalue weighted by molar-refractivity contribution is -0.117. The molecule has 0 spiro atoms. The number of nitriles is 1. The third-order valence-corrected chi connectivity index (χ3v) is 6.94. The lowest BCUT2D eigenvalue weighted by atomic mass is 10.1. The molecule has 0 atom stereocenters. The van der Waals surface area contributed by atoms with Gasteiger partial charge in [-0.05, 0) is 37.4 Å². The molecular formula is C23H25N5O4S. The van der Waals surface area contributed by atoms with E-state index in [4.69, 9.17) is 9.47 Å². The molecule has 1 aromatic carbocycles. The molecule has 3 aromatic rings. The number of nitrogens with zero attached hydrogens (tertiary/aromatic N) is 3. The molecule has 0 aliphatic heterocycles. The van der Waals surface area contributed by atoms with Crippen LogP contribution < -0.4 is 20.3 Å². The van der Waals surface area contributed by atoms with E-state index in [1.807, 2.05) is 11.8 Å². The first-order valence-corrected chi connectivity index (χ1v) is 11.5. The van der Waals surface area contributed by atoms with Crippen LogP contribution in [0.1, 0.15) is 35.2 Å². The monoisotopic (exact) mass is 467 g/mol. The Balaban J connectivity index is 1.50. The number of hydrogen-bond donors (Lipinski definition) is 2. The van der Waals surface area contributed by atoms with Crippen LogP contribution in [0, 0.1) is 11.3 Å². The number of nitrogens with one attached hydrogen (secondary N) is 2. The van der Waals surface area contributed by atoms with E-state index < -0.39 is 0 Å². The van der Waals surface area contributed by atoms with E-state index in [1.54, 1.807) is 12.1 Å². The highest BCUT2D eigenvalue weighted by Crippen LogP contribution is 2.38. The highest BCUT2D eigenvalue weighted by Gasteiger charge is 2.23. The zero-order valence-corrected chi connectivity index (χ0v) is 19.6. The third-order valence-electron chi connectivity index (χ3n) is 5.73. The van der Waals surface area contributed by atoms with Crippen molar-refractivity contribution in [1.29, 1.82) is 5.26 Å². The molecule has 10 heteroatoms. The summed E-state index contributed by atoms with van der Waals surface area (Å²) in [7, 11) is 3.03. The Morgan fingerprint density at radius 2 is 2.06 bits per heavy atom. The Kier molecular flexibility index (Phi) is 6.62. The molecule has 1 amide bonds. The second kappa shape index (κ2) is 9.60. The fraction of sp³-hybridized carbons (Fsp3) is 0.391. The molecule has 33 heavy (non-hydrogen) atoms. The predicted octanol–water partition coefficient (Wildman–Crippen LogP) is 2.82. The van der Waals surface area contributed by atoms with Crippen LogP contribution in [0.5, 0.6) is 11.5 Å². The third kappa shape index (κ3) is 4.55. The van der Waals surface area contributed by atoms with Gasteiger partial charge in [0.1, 0.15) is 16.9 Å². The number of methoxy groups -OCH3 is 2. The largest absolute Gasteiger partial charge is 0.493 e. The van der Waals surface area contributed by atoms with Crippen molar-refractivity contribution >= 4 is 33.1 Å². The van der Waals surface area contributed by atoms with E-state index >= 15 is 0 Å². The number of aromatic nitrogens is 2. The normalized spacial score (nSPS) is 12.6. The summed E-state index contributed by atoms with van der Waals surface area (Å²) in [6, 6.07) is 5.50. The first-order valence-electron chi connectivity index (χ1n) is 10.7.